The van der Waals surface area contributed by atoms with Crippen molar-refractivity contribution in [2.24, 2.45) is 5.16 Å². The molecule has 0 spiro atoms. The lowest BCUT2D eigenvalue weighted by molar-refractivity contribution is 0.101. The van der Waals surface area contributed by atoms with Gasteiger partial charge in [-0.2, -0.15) is 0 Å². The minimum Gasteiger partial charge on any atom is -0.503 e. The van der Waals surface area contributed by atoms with E-state index in [1.807, 2.05) is 78.9 Å². The number of pyridine rings is 1. The van der Waals surface area contributed by atoms with Crippen LogP contribution in [0.3, 0.4) is 0 Å². The molecule has 2 aromatic heterocycles. The standard InChI is InChI=1S/C28H22N4O4S/c1-35-22-14-15-29-25(26(22)33)27(34)31-28-30-21-13-12-20(16-23(21)37-28)24(19-10-6-3-7-11-19)32-36-17-18-8-4-2-5-9-18/h2-16,33H,17H2,1H3,(H,30,31,34)/b32-24-. The number of oxime groups is 1. The summed E-state index contributed by atoms with van der Waals surface area (Å²) < 4.78 is 5.90. The average Bonchev–Trinajstić information content (AvgIpc) is 3.33. The van der Waals surface area contributed by atoms with Gasteiger partial charge in [0.05, 0.1) is 17.3 Å². The first-order valence-electron chi connectivity index (χ1n) is 11.4. The average molecular weight is 511 g/mol. The number of aromatic hydroxyl groups is 1. The third-order valence-electron chi connectivity index (χ3n) is 5.48. The molecule has 3 aromatic carbocycles. The summed E-state index contributed by atoms with van der Waals surface area (Å²) in [5.41, 5.74) is 4.03. The molecule has 0 atom stereocenters. The van der Waals surface area contributed by atoms with E-state index in [4.69, 9.17) is 9.57 Å². The molecule has 0 fully saturated rings. The molecule has 0 aliphatic carbocycles. The Bertz CT molecular complexity index is 1570. The molecular formula is C28H22N4O4S. The lowest BCUT2D eigenvalue weighted by atomic mass is 10.0. The summed E-state index contributed by atoms with van der Waals surface area (Å²) in [6.07, 6.45) is 1.39. The number of hydrogen-bond acceptors (Lipinski definition) is 8. The fraction of sp³-hybridized carbons (Fsp3) is 0.0714. The number of benzene rings is 3. The van der Waals surface area contributed by atoms with E-state index in [1.165, 1.54) is 30.7 Å². The largest absolute Gasteiger partial charge is 0.503 e. The van der Waals surface area contributed by atoms with Gasteiger partial charge in [0.1, 0.15) is 12.3 Å². The maximum atomic E-state index is 12.7. The molecular weight excluding hydrogens is 488 g/mol. The number of methoxy groups -OCH3 is 1. The van der Waals surface area contributed by atoms with E-state index in [9.17, 15) is 9.90 Å². The topological polar surface area (TPSA) is 106 Å². The lowest BCUT2D eigenvalue weighted by Crippen LogP contribution is -2.13. The van der Waals surface area contributed by atoms with Crippen LogP contribution in [0.25, 0.3) is 10.2 Å². The zero-order valence-electron chi connectivity index (χ0n) is 19.8. The SMILES string of the molecule is COc1ccnc(C(=O)Nc2nc3ccc(/C(=N\OCc4ccccc4)c4ccccc4)cc3s2)c1O. The van der Waals surface area contributed by atoms with Crippen LogP contribution in [-0.2, 0) is 11.4 Å². The number of carbonyl (C=O) groups is 1. The summed E-state index contributed by atoms with van der Waals surface area (Å²) in [6.45, 7) is 0.349. The van der Waals surface area contributed by atoms with Crippen LogP contribution in [0.1, 0.15) is 27.2 Å². The number of aromatic nitrogens is 2. The summed E-state index contributed by atoms with van der Waals surface area (Å²) >= 11 is 1.30. The Kier molecular flexibility index (Phi) is 7.05. The third kappa shape index (κ3) is 5.41. The van der Waals surface area contributed by atoms with Crippen molar-refractivity contribution >= 4 is 38.3 Å². The van der Waals surface area contributed by atoms with Crippen molar-refractivity contribution in [2.75, 3.05) is 12.4 Å². The summed E-state index contributed by atoms with van der Waals surface area (Å²) in [5.74, 6) is -0.752. The van der Waals surface area contributed by atoms with Crippen molar-refractivity contribution in [1.29, 1.82) is 0 Å². The Hall–Kier alpha value is -4.76. The molecule has 2 heterocycles. The highest BCUT2D eigenvalue weighted by atomic mass is 32.1. The molecule has 9 heteroatoms. The molecule has 184 valence electrons. The van der Waals surface area contributed by atoms with Crippen LogP contribution in [0.2, 0.25) is 0 Å². The lowest BCUT2D eigenvalue weighted by Gasteiger charge is -2.08. The summed E-state index contributed by atoms with van der Waals surface area (Å²) in [7, 11) is 1.40. The molecule has 0 aliphatic rings. The van der Waals surface area contributed by atoms with E-state index < -0.39 is 5.91 Å². The predicted molar refractivity (Wildman–Crippen MR) is 143 cm³/mol. The van der Waals surface area contributed by atoms with Crippen LogP contribution in [0.4, 0.5) is 5.13 Å². The normalized spacial score (nSPS) is 11.3. The van der Waals surface area contributed by atoms with Crippen LogP contribution in [0.5, 0.6) is 11.5 Å². The van der Waals surface area contributed by atoms with Gasteiger partial charge in [-0.3, -0.25) is 10.1 Å². The first-order chi connectivity index (χ1) is 18.1. The molecule has 1 amide bonds. The fourth-order valence-corrected chi connectivity index (χ4v) is 4.56. The van der Waals surface area contributed by atoms with Crippen molar-refractivity contribution in [1.82, 2.24) is 9.97 Å². The molecule has 0 unspecified atom stereocenters. The maximum Gasteiger partial charge on any atom is 0.280 e. The van der Waals surface area contributed by atoms with Crippen molar-refractivity contribution < 1.29 is 19.5 Å². The molecule has 5 aromatic rings. The smallest absolute Gasteiger partial charge is 0.280 e. The van der Waals surface area contributed by atoms with E-state index >= 15 is 0 Å². The van der Waals surface area contributed by atoms with E-state index in [2.05, 4.69) is 20.4 Å². The number of nitrogens with zero attached hydrogens (tertiary/aromatic N) is 3. The molecule has 8 nitrogen and oxygen atoms in total. The van der Waals surface area contributed by atoms with Crippen LogP contribution >= 0.6 is 11.3 Å². The van der Waals surface area contributed by atoms with Crippen LogP contribution in [0.15, 0.2) is 96.3 Å². The van der Waals surface area contributed by atoms with Crippen molar-refractivity contribution in [3.8, 4) is 11.5 Å². The van der Waals surface area contributed by atoms with E-state index in [1.54, 1.807) is 0 Å². The summed E-state index contributed by atoms with van der Waals surface area (Å²) in [4.78, 5) is 26.9. The molecule has 2 N–H and O–H groups in total. The molecule has 5 rings (SSSR count). The minimum absolute atomic E-state index is 0.145. The van der Waals surface area contributed by atoms with Crippen molar-refractivity contribution in [3.63, 3.8) is 0 Å². The zero-order valence-corrected chi connectivity index (χ0v) is 20.6. The number of thiazole rings is 1. The van der Waals surface area contributed by atoms with Gasteiger partial charge in [-0.1, -0.05) is 83.2 Å². The molecule has 0 bridgehead atoms. The number of ether oxygens (including phenoxy) is 1. The van der Waals surface area contributed by atoms with Gasteiger partial charge in [-0.05, 0) is 17.7 Å². The molecule has 0 saturated carbocycles. The Morgan fingerprint density at radius 1 is 1.00 bits per heavy atom. The van der Waals surface area contributed by atoms with Gasteiger partial charge < -0.3 is 14.7 Å². The van der Waals surface area contributed by atoms with Gasteiger partial charge in [-0.25, -0.2) is 9.97 Å². The number of rotatable bonds is 8. The van der Waals surface area contributed by atoms with Gasteiger partial charge in [0.2, 0.25) is 0 Å². The van der Waals surface area contributed by atoms with Gasteiger partial charge in [-0.15, -0.1) is 0 Å². The number of fused-ring (bicyclic) bond motifs is 1. The van der Waals surface area contributed by atoms with Crippen LogP contribution in [-0.4, -0.2) is 33.8 Å². The Balaban J connectivity index is 1.41. The second-order valence-electron chi connectivity index (χ2n) is 7.93. The van der Waals surface area contributed by atoms with Crippen molar-refractivity contribution in [3.05, 3.63) is 114 Å². The second kappa shape index (κ2) is 10.9. The Labute approximate surface area is 216 Å². The number of amides is 1. The maximum absolute atomic E-state index is 12.7. The molecule has 0 saturated heterocycles. The molecule has 0 aliphatic heterocycles. The minimum atomic E-state index is -0.587. The van der Waals surface area contributed by atoms with E-state index in [0.717, 1.165) is 21.4 Å². The van der Waals surface area contributed by atoms with E-state index in [-0.39, 0.29) is 17.2 Å². The summed E-state index contributed by atoms with van der Waals surface area (Å²) in [6, 6.07) is 26.8. The fourth-order valence-electron chi connectivity index (χ4n) is 3.66. The number of anilines is 1. The van der Waals surface area contributed by atoms with Crippen molar-refractivity contribution in [2.45, 2.75) is 6.61 Å². The number of nitrogens with one attached hydrogen (secondary N) is 1. The predicted octanol–water partition coefficient (Wildman–Crippen LogP) is 5.63. The van der Waals surface area contributed by atoms with E-state index in [0.29, 0.717) is 23.0 Å². The Morgan fingerprint density at radius 2 is 1.76 bits per heavy atom. The van der Waals surface area contributed by atoms with Crippen LogP contribution < -0.4 is 10.1 Å². The highest BCUT2D eigenvalue weighted by Gasteiger charge is 2.19. The van der Waals surface area contributed by atoms with Gasteiger partial charge in [0.15, 0.2) is 22.3 Å². The van der Waals surface area contributed by atoms with Gasteiger partial charge in [0, 0.05) is 23.4 Å². The molecule has 0 radical (unpaired) electrons. The first-order valence-corrected chi connectivity index (χ1v) is 12.2. The monoisotopic (exact) mass is 510 g/mol. The highest BCUT2D eigenvalue weighted by molar-refractivity contribution is 7.22. The molecule has 37 heavy (non-hydrogen) atoms. The number of hydrogen-bond donors (Lipinski definition) is 2. The quantitative estimate of drug-likeness (QED) is 0.207. The van der Waals surface area contributed by atoms with Crippen LogP contribution in [0, 0.1) is 0 Å². The zero-order chi connectivity index (χ0) is 25.6. The second-order valence-corrected chi connectivity index (χ2v) is 8.96. The third-order valence-corrected chi connectivity index (χ3v) is 6.42. The summed E-state index contributed by atoms with van der Waals surface area (Å²) in [5, 5.41) is 17.8. The Morgan fingerprint density at radius 3 is 2.51 bits per heavy atom. The first kappa shape index (κ1) is 24.0. The van der Waals surface area contributed by atoms with Gasteiger partial charge >= 0.3 is 0 Å². The number of carbonyl (C=O) groups excluding carboxylic acids is 1. The van der Waals surface area contributed by atoms with Gasteiger partial charge in [0.25, 0.3) is 5.91 Å². The highest BCUT2D eigenvalue weighted by Crippen LogP contribution is 2.31.